The molecule has 5 nitrogen and oxygen atoms in total. The molecule has 0 radical (unpaired) electrons. The van der Waals surface area contributed by atoms with Crippen molar-refractivity contribution >= 4 is 11.8 Å². The fourth-order valence-electron chi connectivity index (χ4n) is 1.68. The summed E-state index contributed by atoms with van der Waals surface area (Å²) in [6.07, 6.45) is 0. The average Bonchev–Trinajstić information content (AvgIpc) is 2.48. The summed E-state index contributed by atoms with van der Waals surface area (Å²) in [6.45, 7) is 0. The summed E-state index contributed by atoms with van der Waals surface area (Å²) in [4.78, 5) is 23.2. The second-order valence-corrected chi connectivity index (χ2v) is 4.20. The number of ketones is 1. The second-order valence-electron chi connectivity index (χ2n) is 4.20. The van der Waals surface area contributed by atoms with Crippen LogP contribution in [-0.2, 0) is 0 Å². The molecule has 3 N–H and O–H groups in total. The van der Waals surface area contributed by atoms with Crippen LogP contribution in [0.15, 0.2) is 48.5 Å². The summed E-state index contributed by atoms with van der Waals surface area (Å²) in [5.41, 5.74) is 0.0726. The predicted octanol–water partition coefficient (Wildman–Crippen LogP) is 2.16. The summed E-state index contributed by atoms with van der Waals surface area (Å²) in [6, 6.07) is 12.0. The monoisotopic (exact) mass is 287 g/mol. The Labute approximate surface area is 122 Å². The number of carbonyl (C=O) groups excluding carboxylic acids is 1. The number of benzene rings is 2. The lowest BCUT2D eigenvalue weighted by Gasteiger charge is -2.06. The standard InChI is InChI=1S/C14H10O4.C2H7N/c15-12-8-4-3-7-11(12)13(16)9-5-1-2-6-10(9)14(17)18;1-3-2/h1-8,15H,(H,17,18);3H,1-2H3. The van der Waals surface area contributed by atoms with Crippen LogP contribution in [0.1, 0.15) is 26.3 Å². The molecule has 2 aromatic rings. The van der Waals surface area contributed by atoms with Crippen molar-refractivity contribution in [2.75, 3.05) is 14.1 Å². The molecule has 110 valence electrons. The molecule has 0 aliphatic heterocycles. The summed E-state index contributed by atoms with van der Waals surface area (Å²) < 4.78 is 0. The zero-order valence-corrected chi connectivity index (χ0v) is 11.8. The number of carbonyl (C=O) groups is 2. The van der Waals surface area contributed by atoms with E-state index in [2.05, 4.69) is 5.32 Å². The Morgan fingerprint density at radius 3 is 1.76 bits per heavy atom. The van der Waals surface area contributed by atoms with Gasteiger partial charge in [0.2, 0.25) is 0 Å². The summed E-state index contributed by atoms with van der Waals surface area (Å²) in [7, 11) is 3.75. The molecule has 0 bridgehead atoms. The van der Waals surface area contributed by atoms with E-state index in [0.717, 1.165) is 0 Å². The lowest BCUT2D eigenvalue weighted by atomic mass is 9.98. The molecular weight excluding hydrogens is 270 g/mol. The number of para-hydroxylation sites is 1. The van der Waals surface area contributed by atoms with Gasteiger partial charge in [-0.15, -0.1) is 0 Å². The van der Waals surface area contributed by atoms with Gasteiger partial charge in [-0.1, -0.05) is 30.3 Å². The SMILES string of the molecule is CNC.O=C(O)c1ccccc1C(=O)c1ccccc1O. The van der Waals surface area contributed by atoms with Crippen LogP contribution < -0.4 is 5.32 Å². The number of carboxylic acids is 1. The molecule has 0 aliphatic carbocycles. The molecule has 0 saturated carbocycles. The van der Waals surface area contributed by atoms with Crippen LogP contribution in [0.3, 0.4) is 0 Å². The molecule has 0 unspecified atom stereocenters. The number of nitrogens with one attached hydrogen (secondary N) is 1. The third-order valence-electron chi connectivity index (χ3n) is 2.55. The van der Waals surface area contributed by atoms with E-state index in [4.69, 9.17) is 5.11 Å². The van der Waals surface area contributed by atoms with E-state index in [-0.39, 0.29) is 22.4 Å². The van der Waals surface area contributed by atoms with Crippen LogP contribution in [0, 0.1) is 0 Å². The first-order valence-corrected chi connectivity index (χ1v) is 6.26. The van der Waals surface area contributed by atoms with Crippen molar-refractivity contribution in [2.45, 2.75) is 0 Å². The van der Waals surface area contributed by atoms with Gasteiger partial charge in [0, 0.05) is 5.56 Å². The highest BCUT2D eigenvalue weighted by molar-refractivity contribution is 6.15. The number of rotatable bonds is 3. The number of carboxylic acid groups (broad SMARTS) is 1. The third-order valence-corrected chi connectivity index (χ3v) is 2.55. The zero-order valence-electron chi connectivity index (χ0n) is 11.8. The molecule has 0 saturated heterocycles. The minimum absolute atomic E-state index is 0.0616. The van der Waals surface area contributed by atoms with Crippen LogP contribution in [0.4, 0.5) is 0 Å². The van der Waals surface area contributed by atoms with Crippen molar-refractivity contribution in [1.29, 1.82) is 0 Å². The number of aromatic carboxylic acids is 1. The van der Waals surface area contributed by atoms with Gasteiger partial charge in [0.25, 0.3) is 0 Å². The molecule has 21 heavy (non-hydrogen) atoms. The van der Waals surface area contributed by atoms with Crippen LogP contribution in [0.2, 0.25) is 0 Å². The first kappa shape index (κ1) is 16.4. The maximum Gasteiger partial charge on any atom is 0.336 e. The quantitative estimate of drug-likeness (QED) is 0.753. The maximum atomic E-state index is 12.2. The highest BCUT2D eigenvalue weighted by Crippen LogP contribution is 2.21. The molecule has 2 aromatic carbocycles. The van der Waals surface area contributed by atoms with Gasteiger partial charge in [-0.2, -0.15) is 0 Å². The average molecular weight is 287 g/mol. The van der Waals surface area contributed by atoms with E-state index in [1.165, 1.54) is 24.3 Å². The molecule has 0 heterocycles. The van der Waals surface area contributed by atoms with E-state index in [9.17, 15) is 14.7 Å². The van der Waals surface area contributed by atoms with Crippen LogP contribution in [-0.4, -0.2) is 36.1 Å². The topological polar surface area (TPSA) is 86.6 Å². The fourth-order valence-corrected chi connectivity index (χ4v) is 1.68. The molecule has 0 atom stereocenters. The molecule has 5 heteroatoms. The molecular formula is C16H17NO4. The fraction of sp³-hybridized carbons (Fsp3) is 0.125. The maximum absolute atomic E-state index is 12.2. The van der Waals surface area contributed by atoms with Crippen LogP contribution in [0.5, 0.6) is 5.75 Å². The highest BCUT2D eigenvalue weighted by Gasteiger charge is 2.19. The van der Waals surface area contributed by atoms with E-state index in [1.54, 1.807) is 24.3 Å². The van der Waals surface area contributed by atoms with Gasteiger partial charge in [0.1, 0.15) is 5.75 Å². The van der Waals surface area contributed by atoms with E-state index < -0.39 is 11.8 Å². The Balaban J connectivity index is 0.000000677. The second kappa shape index (κ2) is 7.81. The van der Waals surface area contributed by atoms with E-state index in [0.29, 0.717) is 0 Å². The minimum atomic E-state index is -1.17. The van der Waals surface area contributed by atoms with Gasteiger partial charge in [0.05, 0.1) is 11.1 Å². The Bertz CT molecular complexity index is 638. The van der Waals surface area contributed by atoms with Crippen molar-refractivity contribution in [3.8, 4) is 5.75 Å². The summed E-state index contributed by atoms with van der Waals surface area (Å²) in [5.74, 6) is -1.84. The van der Waals surface area contributed by atoms with Gasteiger partial charge >= 0.3 is 5.97 Å². The summed E-state index contributed by atoms with van der Waals surface area (Å²) in [5, 5.41) is 21.4. The number of hydrogen-bond donors (Lipinski definition) is 3. The first-order valence-electron chi connectivity index (χ1n) is 6.26. The minimum Gasteiger partial charge on any atom is -0.507 e. The van der Waals surface area contributed by atoms with Gasteiger partial charge in [0.15, 0.2) is 5.78 Å². The Morgan fingerprint density at radius 2 is 1.29 bits per heavy atom. The predicted molar refractivity (Wildman–Crippen MR) is 79.9 cm³/mol. The number of hydrogen-bond acceptors (Lipinski definition) is 4. The Kier molecular flexibility index (Phi) is 6.10. The molecule has 0 fully saturated rings. The number of phenolic OH excluding ortho intramolecular Hbond substituents is 1. The van der Waals surface area contributed by atoms with Gasteiger partial charge < -0.3 is 15.5 Å². The Hall–Kier alpha value is -2.66. The molecule has 0 amide bonds. The summed E-state index contributed by atoms with van der Waals surface area (Å²) >= 11 is 0. The van der Waals surface area contributed by atoms with Crippen molar-refractivity contribution in [3.05, 3.63) is 65.2 Å². The first-order chi connectivity index (χ1) is 10.0. The molecule has 0 aromatic heterocycles. The smallest absolute Gasteiger partial charge is 0.336 e. The van der Waals surface area contributed by atoms with Gasteiger partial charge in [-0.25, -0.2) is 4.79 Å². The van der Waals surface area contributed by atoms with E-state index >= 15 is 0 Å². The Morgan fingerprint density at radius 1 is 0.857 bits per heavy atom. The van der Waals surface area contributed by atoms with Crippen molar-refractivity contribution in [2.24, 2.45) is 0 Å². The van der Waals surface area contributed by atoms with Crippen molar-refractivity contribution < 1.29 is 19.8 Å². The van der Waals surface area contributed by atoms with Gasteiger partial charge in [-0.3, -0.25) is 4.79 Å². The van der Waals surface area contributed by atoms with Crippen molar-refractivity contribution in [3.63, 3.8) is 0 Å². The third kappa shape index (κ3) is 4.15. The lowest BCUT2D eigenvalue weighted by Crippen LogP contribution is -2.09. The highest BCUT2D eigenvalue weighted by atomic mass is 16.4. The van der Waals surface area contributed by atoms with E-state index in [1.807, 2.05) is 14.1 Å². The number of aromatic hydroxyl groups is 1. The van der Waals surface area contributed by atoms with Crippen molar-refractivity contribution in [1.82, 2.24) is 5.32 Å². The van der Waals surface area contributed by atoms with Crippen LogP contribution in [0.25, 0.3) is 0 Å². The number of phenols is 1. The lowest BCUT2D eigenvalue weighted by molar-refractivity contribution is 0.0692. The molecule has 2 rings (SSSR count). The molecule has 0 aliphatic rings. The van der Waals surface area contributed by atoms with Crippen LogP contribution >= 0.6 is 0 Å². The molecule has 0 spiro atoms. The normalized spacial score (nSPS) is 9.43. The zero-order chi connectivity index (χ0) is 15.8. The largest absolute Gasteiger partial charge is 0.507 e. The van der Waals surface area contributed by atoms with Gasteiger partial charge in [-0.05, 0) is 32.3 Å².